The van der Waals surface area contributed by atoms with Gasteiger partial charge in [-0.15, -0.1) is 0 Å². The zero-order valence-electron chi connectivity index (χ0n) is 13.0. The molecule has 12 heteroatoms. The van der Waals surface area contributed by atoms with Crippen LogP contribution in [0.15, 0.2) is 64.4 Å². The van der Waals surface area contributed by atoms with Crippen LogP contribution in [0.5, 0.6) is 5.75 Å². The lowest BCUT2D eigenvalue weighted by Gasteiger charge is -2.21. The Morgan fingerprint density at radius 1 is 0.885 bits per heavy atom. The Labute approximate surface area is 151 Å². The first kappa shape index (κ1) is 20.6. The standard InChI is InChI=1S/C14H12F3NO5S3/c1-24(12-5-3-2-4-6-12)13-9-7-11(8-10-13)23-26(21,22)18-25(19,20)14(15,16)17/h2-10H,1H3. The van der Waals surface area contributed by atoms with E-state index in [1.54, 1.807) is 0 Å². The highest BCUT2D eigenvalue weighted by atomic mass is 32.3. The highest BCUT2D eigenvalue weighted by molar-refractivity contribution is 8.10. The molecule has 0 amide bonds. The summed E-state index contributed by atoms with van der Waals surface area (Å²) in [7, 11) is -11.9. The molecule has 0 aromatic heterocycles. The number of sulfonamides is 1. The third-order valence-electron chi connectivity index (χ3n) is 2.96. The summed E-state index contributed by atoms with van der Waals surface area (Å²) in [5.41, 5.74) is -5.83. The van der Waals surface area contributed by atoms with Crippen LogP contribution < -0.4 is 4.18 Å². The molecule has 0 saturated carbocycles. The fourth-order valence-electron chi connectivity index (χ4n) is 1.76. The van der Waals surface area contributed by atoms with Gasteiger partial charge in [0.1, 0.15) is 12.0 Å². The van der Waals surface area contributed by atoms with E-state index in [0.717, 1.165) is 9.79 Å². The number of hydrogen-bond donors (Lipinski definition) is 0. The number of rotatable bonds is 6. The van der Waals surface area contributed by atoms with Crippen molar-refractivity contribution in [3.05, 3.63) is 58.7 Å². The van der Waals surface area contributed by atoms with Crippen LogP contribution in [0.4, 0.5) is 13.2 Å². The van der Waals surface area contributed by atoms with Gasteiger partial charge in [-0.1, -0.05) is 18.2 Å². The number of hydrogen-bond acceptors (Lipinski definition) is 5. The second-order valence-corrected chi connectivity index (χ2v) is 9.80. The van der Waals surface area contributed by atoms with Crippen LogP contribution >= 0.6 is 0 Å². The van der Waals surface area contributed by atoms with E-state index in [1.165, 1.54) is 24.3 Å². The minimum absolute atomic E-state index is 0.329. The van der Waals surface area contributed by atoms with Crippen molar-refractivity contribution in [2.24, 2.45) is 0 Å². The van der Waals surface area contributed by atoms with Crippen LogP contribution in [-0.2, 0) is 31.2 Å². The molecule has 0 fully saturated rings. The van der Waals surface area contributed by atoms with E-state index in [4.69, 9.17) is 0 Å². The van der Waals surface area contributed by atoms with E-state index in [2.05, 4.69) is 4.18 Å². The summed E-state index contributed by atoms with van der Waals surface area (Å²) < 4.78 is 87.2. The van der Waals surface area contributed by atoms with Gasteiger partial charge in [-0.05, 0) is 36.4 Å². The van der Waals surface area contributed by atoms with Crippen LogP contribution in [0.1, 0.15) is 0 Å². The molecule has 0 aliphatic heterocycles. The van der Waals surface area contributed by atoms with Crippen molar-refractivity contribution in [2.75, 3.05) is 6.26 Å². The molecule has 0 bridgehead atoms. The lowest BCUT2D eigenvalue weighted by atomic mass is 10.3. The Hall–Kier alpha value is -1.76. The van der Waals surface area contributed by atoms with E-state index in [-0.39, 0.29) is 16.6 Å². The minimum atomic E-state index is -6.22. The molecule has 0 radical (unpaired) electrons. The molecule has 0 spiro atoms. The zero-order valence-corrected chi connectivity index (χ0v) is 15.5. The Bertz CT molecular complexity index is 959. The second-order valence-electron chi connectivity index (χ2n) is 4.80. The fourth-order valence-corrected chi connectivity index (χ4v) is 4.92. The van der Waals surface area contributed by atoms with Crippen molar-refractivity contribution in [2.45, 2.75) is 15.3 Å². The van der Waals surface area contributed by atoms with Gasteiger partial charge in [-0.25, -0.2) is 16.8 Å². The van der Waals surface area contributed by atoms with Crippen LogP contribution in [0.2, 0.25) is 0 Å². The number of benzene rings is 2. The summed E-state index contributed by atoms with van der Waals surface area (Å²) >= 11 is 0. The Morgan fingerprint density at radius 3 is 1.88 bits per heavy atom. The quantitative estimate of drug-likeness (QED) is 0.660. The lowest BCUT2D eigenvalue weighted by Crippen LogP contribution is -2.25. The first-order valence-electron chi connectivity index (χ1n) is 6.72. The normalized spacial score (nSPS) is 14.0. The van der Waals surface area contributed by atoms with E-state index < -0.39 is 25.8 Å². The summed E-state index contributed by atoms with van der Waals surface area (Å²) in [6.07, 6.45) is 1.94. The van der Waals surface area contributed by atoms with Gasteiger partial charge >= 0.3 is 5.51 Å². The molecule has 0 aliphatic rings. The third-order valence-corrected chi connectivity index (χ3v) is 7.42. The Balaban J connectivity index is 2.14. The van der Waals surface area contributed by atoms with Gasteiger partial charge in [0.05, 0.1) is 10.9 Å². The molecule has 0 heterocycles. The predicted molar refractivity (Wildman–Crippen MR) is 90.6 cm³/mol. The van der Waals surface area contributed by atoms with E-state index in [0.29, 0.717) is 0 Å². The smallest absolute Gasteiger partial charge is 0.395 e. The molecule has 2 rings (SSSR count). The van der Waals surface area contributed by atoms with E-state index in [9.17, 15) is 30.0 Å². The van der Waals surface area contributed by atoms with Gasteiger partial charge in [0.2, 0.25) is 10.3 Å². The molecule has 0 N–H and O–H groups in total. The minimum Gasteiger partial charge on any atom is -0.395 e. The molecule has 0 saturated heterocycles. The summed E-state index contributed by atoms with van der Waals surface area (Å²) in [5.74, 6) is -0.361. The molecular weight excluding hydrogens is 415 g/mol. The van der Waals surface area contributed by atoms with Crippen molar-refractivity contribution in [1.82, 2.24) is 0 Å². The Kier molecular flexibility index (Phi) is 5.90. The molecule has 1 unspecified atom stereocenters. The van der Waals surface area contributed by atoms with Crippen LogP contribution in [0, 0.1) is 0 Å². The fraction of sp³-hybridized carbons (Fsp3) is 0.143. The average molecular weight is 427 g/mol. The SMILES string of the molecule is C[S+](c1ccccc1)c1ccc(OS(=O)(=O)[N-]S(=O)(=O)C(F)(F)F)cc1. The summed E-state index contributed by atoms with van der Waals surface area (Å²) in [4.78, 5) is 1.85. The van der Waals surface area contributed by atoms with Crippen molar-refractivity contribution in [3.8, 4) is 5.75 Å². The number of halogens is 3. The summed E-state index contributed by atoms with van der Waals surface area (Å²) in [5, 5.41) is 0. The van der Waals surface area contributed by atoms with Gasteiger partial charge in [0, 0.05) is 0 Å². The van der Waals surface area contributed by atoms with Crippen molar-refractivity contribution in [1.29, 1.82) is 0 Å². The first-order chi connectivity index (χ1) is 11.9. The van der Waals surface area contributed by atoms with E-state index >= 15 is 0 Å². The Morgan fingerprint density at radius 2 is 1.38 bits per heavy atom. The monoisotopic (exact) mass is 427 g/mol. The zero-order chi connectivity index (χ0) is 19.6. The molecule has 6 nitrogen and oxygen atoms in total. The topological polar surface area (TPSA) is 91.6 Å². The molecule has 2 aromatic carbocycles. The maximum atomic E-state index is 12.2. The van der Waals surface area contributed by atoms with Crippen LogP contribution in [0.3, 0.4) is 0 Å². The summed E-state index contributed by atoms with van der Waals surface area (Å²) in [6.45, 7) is 0. The van der Waals surface area contributed by atoms with Gasteiger partial charge in [-0.3, -0.25) is 0 Å². The van der Waals surface area contributed by atoms with E-state index in [1.807, 2.05) is 40.7 Å². The lowest BCUT2D eigenvalue weighted by molar-refractivity contribution is -0.0425. The molecule has 142 valence electrons. The maximum absolute atomic E-state index is 12.2. The first-order valence-corrected chi connectivity index (χ1v) is 11.2. The second kappa shape index (κ2) is 7.47. The highest BCUT2D eigenvalue weighted by Crippen LogP contribution is 2.31. The number of alkyl halides is 3. The van der Waals surface area contributed by atoms with Gasteiger partial charge in [-0.2, -0.15) is 13.2 Å². The van der Waals surface area contributed by atoms with Gasteiger partial charge in [0.25, 0.3) is 0 Å². The van der Waals surface area contributed by atoms with Crippen LogP contribution in [-0.4, -0.2) is 28.6 Å². The van der Waals surface area contributed by atoms with Gasteiger partial charge < -0.3 is 8.31 Å². The highest BCUT2D eigenvalue weighted by Gasteiger charge is 2.40. The molecule has 26 heavy (non-hydrogen) atoms. The summed E-state index contributed by atoms with van der Waals surface area (Å²) in [6, 6.07) is 14.9. The molecule has 2 aromatic rings. The number of nitrogens with zero attached hydrogens (tertiary/aromatic N) is 1. The molecular formula is C14H12F3NO5S3. The third kappa shape index (κ3) is 5.13. The van der Waals surface area contributed by atoms with Crippen molar-refractivity contribution >= 4 is 31.2 Å². The van der Waals surface area contributed by atoms with Crippen molar-refractivity contribution in [3.63, 3.8) is 0 Å². The van der Waals surface area contributed by atoms with Crippen molar-refractivity contribution < 1.29 is 34.2 Å². The maximum Gasteiger partial charge on any atom is 0.480 e. The average Bonchev–Trinajstić information content (AvgIpc) is 2.53. The largest absolute Gasteiger partial charge is 0.480 e. The van der Waals surface area contributed by atoms with Crippen LogP contribution in [0.25, 0.3) is 4.13 Å². The molecule has 0 aliphatic carbocycles. The van der Waals surface area contributed by atoms with Gasteiger partial charge in [0.15, 0.2) is 19.8 Å². The molecule has 1 atom stereocenters. The predicted octanol–water partition coefficient (Wildman–Crippen LogP) is 3.20.